The zero-order valence-corrected chi connectivity index (χ0v) is 19.4. The first kappa shape index (κ1) is 21.3. The summed E-state index contributed by atoms with van der Waals surface area (Å²) < 4.78 is 6.58. The first-order valence-corrected chi connectivity index (χ1v) is 10.9. The number of likely N-dealkylation sites (N-methyl/N-ethyl adjacent to an activating group) is 1. The van der Waals surface area contributed by atoms with Gasteiger partial charge in [-0.3, -0.25) is 4.79 Å². The van der Waals surface area contributed by atoms with Gasteiger partial charge >= 0.3 is 0 Å². The molecule has 0 spiro atoms. The van der Waals surface area contributed by atoms with E-state index in [9.17, 15) is 4.79 Å². The molecule has 2 heterocycles. The standard InChI is InChI=1S/C22H23IN6O2/c1-29-8-7-13-10-19(31-2)18(9-14(13)12-29)27-22-25-11-15(20(24)30)21(28-22)26-17-6-4-3-5-16(17)23/h3-6,9-11H,7-8,12H2,1-2H3,(H2,24,30)(H2,25,26,27,28). The predicted octanol–water partition coefficient (Wildman–Crippen LogP) is 3.66. The number of carbonyl (C=O) groups is 1. The maximum absolute atomic E-state index is 11.9. The fourth-order valence-electron chi connectivity index (χ4n) is 3.52. The minimum atomic E-state index is -0.602. The molecule has 1 aliphatic heterocycles. The van der Waals surface area contributed by atoms with Gasteiger partial charge in [0.2, 0.25) is 5.95 Å². The molecule has 31 heavy (non-hydrogen) atoms. The molecule has 0 fully saturated rings. The minimum Gasteiger partial charge on any atom is -0.495 e. The number of amides is 1. The van der Waals surface area contributed by atoms with Crippen molar-refractivity contribution in [3.8, 4) is 5.75 Å². The summed E-state index contributed by atoms with van der Waals surface area (Å²) in [7, 11) is 3.75. The number of aromatic nitrogens is 2. The van der Waals surface area contributed by atoms with Gasteiger partial charge in [-0.15, -0.1) is 0 Å². The highest BCUT2D eigenvalue weighted by atomic mass is 127. The van der Waals surface area contributed by atoms with E-state index in [0.29, 0.717) is 11.8 Å². The number of anilines is 4. The van der Waals surface area contributed by atoms with E-state index >= 15 is 0 Å². The summed E-state index contributed by atoms with van der Waals surface area (Å²) in [5.41, 5.74) is 9.86. The maximum atomic E-state index is 11.9. The van der Waals surface area contributed by atoms with Crippen LogP contribution >= 0.6 is 22.6 Å². The van der Waals surface area contributed by atoms with Crippen LogP contribution in [0, 0.1) is 3.57 Å². The lowest BCUT2D eigenvalue weighted by Gasteiger charge is -2.26. The summed E-state index contributed by atoms with van der Waals surface area (Å²) in [4.78, 5) is 23.0. The number of primary amides is 1. The number of methoxy groups -OCH3 is 1. The van der Waals surface area contributed by atoms with Gasteiger partial charge in [0.1, 0.15) is 17.1 Å². The van der Waals surface area contributed by atoms with Crippen molar-refractivity contribution in [2.75, 3.05) is 31.3 Å². The SMILES string of the molecule is COc1cc2c(cc1Nc1ncc(C(N)=O)c(Nc3ccccc3I)n1)CN(C)CC2. The largest absolute Gasteiger partial charge is 0.495 e. The number of nitrogens with one attached hydrogen (secondary N) is 2. The van der Waals surface area contributed by atoms with Crippen molar-refractivity contribution >= 4 is 51.6 Å². The van der Waals surface area contributed by atoms with E-state index in [-0.39, 0.29) is 5.56 Å². The number of carbonyl (C=O) groups excluding carboxylic acids is 1. The van der Waals surface area contributed by atoms with Crippen LogP contribution in [0.2, 0.25) is 0 Å². The summed E-state index contributed by atoms with van der Waals surface area (Å²) >= 11 is 2.22. The number of hydrogen-bond acceptors (Lipinski definition) is 7. The van der Waals surface area contributed by atoms with Crippen molar-refractivity contribution < 1.29 is 9.53 Å². The molecule has 0 saturated heterocycles. The third-order valence-corrected chi connectivity index (χ3v) is 6.09. The smallest absolute Gasteiger partial charge is 0.254 e. The summed E-state index contributed by atoms with van der Waals surface area (Å²) in [5, 5.41) is 6.43. The average Bonchev–Trinajstić information content (AvgIpc) is 2.75. The number of halogens is 1. The molecule has 9 heteroatoms. The van der Waals surface area contributed by atoms with Crippen LogP contribution in [0.1, 0.15) is 21.5 Å². The van der Waals surface area contributed by atoms with Gasteiger partial charge in [0.25, 0.3) is 5.91 Å². The first-order chi connectivity index (χ1) is 14.9. The maximum Gasteiger partial charge on any atom is 0.254 e. The van der Waals surface area contributed by atoms with E-state index < -0.39 is 5.91 Å². The van der Waals surface area contributed by atoms with E-state index in [1.54, 1.807) is 7.11 Å². The lowest BCUT2D eigenvalue weighted by atomic mass is 9.99. The van der Waals surface area contributed by atoms with Crippen LogP contribution in [-0.4, -0.2) is 41.5 Å². The van der Waals surface area contributed by atoms with Crippen LogP contribution in [0.5, 0.6) is 5.75 Å². The molecule has 2 aromatic carbocycles. The molecule has 0 aliphatic carbocycles. The molecule has 1 amide bonds. The Labute approximate surface area is 194 Å². The molecule has 0 unspecified atom stereocenters. The molecule has 0 saturated carbocycles. The van der Waals surface area contributed by atoms with Crippen LogP contribution in [0.4, 0.5) is 23.1 Å². The molecular weight excluding hydrogens is 507 g/mol. The monoisotopic (exact) mass is 530 g/mol. The van der Waals surface area contributed by atoms with Crippen LogP contribution in [0.3, 0.4) is 0 Å². The van der Waals surface area contributed by atoms with E-state index in [1.165, 1.54) is 17.3 Å². The molecule has 160 valence electrons. The highest BCUT2D eigenvalue weighted by Crippen LogP contribution is 2.33. The third kappa shape index (κ3) is 4.72. The Morgan fingerprint density at radius 2 is 2.00 bits per heavy atom. The molecule has 0 bridgehead atoms. The van der Waals surface area contributed by atoms with Gasteiger partial charge in [0, 0.05) is 22.9 Å². The second-order valence-electron chi connectivity index (χ2n) is 7.36. The van der Waals surface area contributed by atoms with Gasteiger partial charge in [-0.2, -0.15) is 4.98 Å². The molecule has 4 N–H and O–H groups in total. The van der Waals surface area contributed by atoms with Crippen molar-refractivity contribution in [3.63, 3.8) is 0 Å². The van der Waals surface area contributed by atoms with E-state index in [0.717, 1.165) is 40.2 Å². The van der Waals surface area contributed by atoms with Gasteiger partial charge in [-0.05, 0) is 71.5 Å². The average molecular weight is 530 g/mol. The van der Waals surface area contributed by atoms with Crippen molar-refractivity contribution in [1.82, 2.24) is 14.9 Å². The fourth-order valence-corrected chi connectivity index (χ4v) is 4.04. The highest BCUT2D eigenvalue weighted by Gasteiger charge is 2.18. The number of fused-ring (bicyclic) bond motifs is 1. The first-order valence-electron chi connectivity index (χ1n) is 9.78. The number of hydrogen-bond donors (Lipinski definition) is 3. The summed E-state index contributed by atoms with van der Waals surface area (Å²) in [6.45, 7) is 1.89. The minimum absolute atomic E-state index is 0.212. The fraction of sp³-hybridized carbons (Fsp3) is 0.227. The summed E-state index contributed by atoms with van der Waals surface area (Å²) in [6, 6.07) is 11.8. The Bertz CT molecular complexity index is 1140. The molecule has 1 aliphatic rings. The Morgan fingerprint density at radius 1 is 1.19 bits per heavy atom. The van der Waals surface area contributed by atoms with Gasteiger partial charge in [0.05, 0.1) is 18.5 Å². The number of nitrogens with two attached hydrogens (primary N) is 1. The highest BCUT2D eigenvalue weighted by molar-refractivity contribution is 14.1. The molecule has 0 radical (unpaired) electrons. The normalized spacial score (nSPS) is 13.4. The summed E-state index contributed by atoms with van der Waals surface area (Å²) in [6.07, 6.45) is 2.41. The Morgan fingerprint density at radius 3 is 2.74 bits per heavy atom. The lowest BCUT2D eigenvalue weighted by Crippen LogP contribution is -2.26. The van der Waals surface area contributed by atoms with E-state index in [1.807, 2.05) is 24.3 Å². The Kier molecular flexibility index (Phi) is 6.23. The topological polar surface area (TPSA) is 105 Å². The van der Waals surface area contributed by atoms with Gasteiger partial charge in [-0.1, -0.05) is 12.1 Å². The molecule has 8 nitrogen and oxygen atoms in total. The summed E-state index contributed by atoms with van der Waals surface area (Å²) in [5.74, 6) is 0.791. The Hall–Kier alpha value is -2.92. The number of benzene rings is 2. The molecule has 3 aromatic rings. The van der Waals surface area contributed by atoms with E-state index in [2.05, 4.69) is 67.3 Å². The molecule has 0 atom stereocenters. The van der Waals surface area contributed by atoms with Gasteiger partial charge in [0.15, 0.2) is 0 Å². The number of nitrogens with zero attached hydrogens (tertiary/aromatic N) is 3. The number of ether oxygens (including phenoxy) is 1. The van der Waals surface area contributed by atoms with Gasteiger partial charge in [-0.25, -0.2) is 4.98 Å². The predicted molar refractivity (Wildman–Crippen MR) is 129 cm³/mol. The molecule has 4 rings (SSSR count). The van der Waals surface area contributed by atoms with Crippen LogP contribution in [-0.2, 0) is 13.0 Å². The van der Waals surface area contributed by atoms with Gasteiger partial charge < -0.3 is 26.0 Å². The molecular formula is C22H23IN6O2. The van der Waals surface area contributed by atoms with Crippen molar-refractivity contribution in [3.05, 3.63) is 62.9 Å². The second kappa shape index (κ2) is 9.06. The zero-order valence-electron chi connectivity index (χ0n) is 17.3. The van der Waals surface area contributed by atoms with Crippen LogP contribution in [0.15, 0.2) is 42.6 Å². The van der Waals surface area contributed by atoms with Crippen LogP contribution < -0.4 is 21.1 Å². The Balaban J connectivity index is 1.68. The van der Waals surface area contributed by atoms with E-state index in [4.69, 9.17) is 10.5 Å². The van der Waals surface area contributed by atoms with Crippen molar-refractivity contribution in [2.24, 2.45) is 5.73 Å². The zero-order chi connectivity index (χ0) is 22.0. The number of para-hydroxylation sites is 1. The third-order valence-electron chi connectivity index (χ3n) is 5.15. The van der Waals surface area contributed by atoms with Crippen molar-refractivity contribution in [2.45, 2.75) is 13.0 Å². The second-order valence-corrected chi connectivity index (χ2v) is 8.52. The molecule has 1 aromatic heterocycles. The quantitative estimate of drug-likeness (QED) is 0.418. The number of rotatable bonds is 6. The van der Waals surface area contributed by atoms with Crippen molar-refractivity contribution in [1.29, 1.82) is 0 Å². The van der Waals surface area contributed by atoms with Crippen LogP contribution in [0.25, 0.3) is 0 Å². The lowest BCUT2D eigenvalue weighted by molar-refractivity contribution is 0.100.